The summed E-state index contributed by atoms with van der Waals surface area (Å²) in [6, 6.07) is 4.23. The van der Waals surface area contributed by atoms with E-state index < -0.39 is 0 Å². The average Bonchev–Trinajstić information content (AvgIpc) is 3.02. The lowest BCUT2D eigenvalue weighted by atomic mass is 10.1. The Labute approximate surface area is 113 Å². The maximum atomic E-state index is 5.62. The van der Waals surface area contributed by atoms with Crippen LogP contribution in [0.4, 0.5) is 0 Å². The van der Waals surface area contributed by atoms with Gasteiger partial charge in [0.2, 0.25) is 0 Å². The zero-order chi connectivity index (χ0) is 13.7. The fourth-order valence-corrected chi connectivity index (χ4v) is 1.98. The minimum absolute atomic E-state index is 0.339. The van der Waals surface area contributed by atoms with Crippen molar-refractivity contribution in [2.45, 2.75) is 39.3 Å². The number of H-pyrrole nitrogens is 1. The number of furan rings is 1. The van der Waals surface area contributed by atoms with Crippen molar-refractivity contribution in [3.8, 4) is 23.8 Å². The lowest BCUT2D eigenvalue weighted by Crippen LogP contribution is -2.27. The molecule has 0 aromatic carbocycles. The smallest absolute Gasteiger partial charge is 0.152 e. The van der Waals surface area contributed by atoms with E-state index in [4.69, 9.17) is 10.8 Å². The first-order chi connectivity index (χ1) is 9.24. The van der Waals surface area contributed by atoms with Crippen LogP contribution in [0.15, 0.2) is 22.7 Å². The number of aryl methyl sites for hydroxylation is 1. The van der Waals surface area contributed by atoms with Gasteiger partial charge >= 0.3 is 0 Å². The average molecular weight is 257 g/mol. The lowest BCUT2D eigenvalue weighted by molar-refractivity contribution is 0.505. The van der Waals surface area contributed by atoms with Gasteiger partial charge in [0.05, 0.1) is 6.20 Å². The van der Waals surface area contributed by atoms with E-state index in [-0.39, 0.29) is 0 Å². The van der Waals surface area contributed by atoms with E-state index in [1.807, 2.05) is 25.3 Å². The van der Waals surface area contributed by atoms with Gasteiger partial charge in [0.1, 0.15) is 11.5 Å². The zero-order valence-corrected chi connectivity index (χ0v) is 11.4. The second-order valence-electron chi connectivity index (χ2n) is 4.57. The Morgan fingerprint density at radius 3 is 3.00 bits per heavy atom. The molecule has 1 atom stereocenters. The monoisotopic (exact) mass is 257 g/mol. The summed E-state index contributed by atoms with van der Waals surface area (Å²) in [6.07, 6.45) is 8.93. The Hall–Kier alpha value is -1.99. The van der Waals surface area contributed by atoms with Gasteiger partial charge in [0.25, 0.3) is 0 Å². The Morgan fingerprint density at radius 2 is 2.37 bits per heavy atom. The highest BCUT2D eigenvalue weighted by Gasteiger charge is 2.12. The van der Waals surface area contributed by atoms with Crippen LogP contribution in [-0.2, 0) is 6.54 Å². The Kier molecular flexibility index (Phi) is 4.43. The number of hydrogen-bond acceptors (Lipinski definition) is 3. The number of terminal acetylenes is 1. The summed E-state index contributed by atoms with van der Waals surface area (Å²) in [5.41, 5.74) is 2.01. The van der Waals surface area contributed by atoms with Crippen molar-refractivity contribution in [2.24, 2.45) is 0 Å². The molecule has 1 unspecified atom stereocenters. The third kappa shape index (κ3) is 3.27. The molecular formula is C15H19N3O. The topological polar surface area (TPSA) is 53.9 Å². The van der Waals surface area contributed by atoms with Crippen molar-refractivity contribution in [3.05, 3.63) is 29.7 Å². The van der Waals surface area contributed by atoms with E-state index >= 15 is 0 Å². The highest BCUT2D eigenvalue weighted by molar-refractivity contribution is 5.56. The predicted octanol–water partition coefficient (Wildman–Crippen LogP) is 2.87. The van der Waals surface area contributed by atoms with Gasteiger partial charge in [-0.25, -0.2) is 0 Å². The van der Waals surface area contributed by atoms with Crippen LogP contribution in [0.3, 0.4) is 0 Å². The number of hydrogen-bond donors (Lipinski definition) is 2. The first-order valence-corrected chi connectivity index (χ1v) is 6.50. The third-order valence-corrected chi connectivity index (χ3v) is 3.14. The largest absolute Gasteiger partial charge is 0.460 e. The molecule has 2 aromatic rings. The normalized spacial score (nSPS) is 12.3. The number of nitrogens with zero attached hydrogens (tertiary/aromatic N) is 1. The molecule has 2 rings (SSSR count). The first kappa shape index (κ1) is 13.4. The van der Waals surface area contributed by atoms with Crippen LogP contribution >= 0.6 is 0 Å². The van der Waals surface area contributed by atoms with Crippen LogP contribution in [0.1, 0.15) is 31.1 Å². The highest BCUT2D eigenvalue weighted by Crippen LogP contribution is 2.23. The van der Waals surface area contributed by atoms with Crippen molar-refractivity contribution in [2.75, 3.05) is 0 Å². The van der Waals surface area contributed by atoms with Gasteiger partial charge in [0.15, 0.2) is 5.76 Å². The van der Waals surface area contributed by atoms with Gasteiger partial charge < -0.3 is 9.73 Å². The van der Waals surface area contributed by atoms with Crippen molar-refractivity contribution in [1.82, 2.24) is 15.5 Å². The van der Waals surface area contributed by atoms with Crippen LogP contribution < -0.4 is 5.32 Å². The number of aromatic amines is 1. The summed E-state index contributed by atoms with van der Waals surface area (Å²) in [6.45, 7) is 4.78. The van der Waals surface area contributed by atoms with Gasteiger partial charge in [0, 0.05) is 24.6 Å². The molecule has 4 heteroatoms. The number of rotatable bonds is 6. The first-order valence-electron chi connectivity index (χ1n) is 6.50. The Morgan fingerprint density at radius 1 is 1.53 bits per heavy atom. The molecular weight excluding hydrogens is 238 g/mol. The minimum atomic E-state index is 0.339. The molecule has 0 aliphatic rings. The van der Waals surface area contributed by atoms with E-state index in [1.165, 1.54) is 0 Å². The second-order valence-corrected chi connectivity index (χ2v) is 4.57. The molecule has 2 aromatic heterocycles. The maximum absolute atomic E-state index is 5.62. The van der Waals surface area contributed by atoms with E-state index in [9.17, 15) is 0 Å². The van der Waals surface area contributed by atoms with Gasteiger partial charge in [-0.15, -0.1) is 12.3 Å². The third-order valence-electron chi connectivity index (χ3n) is 3.14. The van der Waals surface area contributed by atoms with Gasteiger partial charge in [-0.3, -0.25) is 5.10 Å². The van der Waals surface area contributed by atoms with E-state index in [2.05, 4.69) is 28.4 Å². The van der Waals surface area contributed by atoms with Gasteiger partial charge in [-0.05, 0) is 25.5 Å². The predicted molar refractivity (Wildman–Crippen MR) is 75.4 cm³/mol. The number of aromatic nitrogens is 2. The van der Waals surface area contributed by atoms with Crippen molar-refractivity contribution in [1.29, 1.82) is 0 Å². The van der Waals surface area contributed by atoms with E-state index in [0.29, 0.717) is 6.04 Å². The van der Waals surface area contributed by atoms with Crippen molar-refractivity contribution >= 4 is 0 Å². The van der Waals surface area contributed by atoms with Crippen LogP contribution in [0.25, 0.3) is 11.5 Å². The molecule has 2 heterocycles. The molecule has 2 N–H and O–H groups in total. The summed E-state index contributed by atoms with van der Waals surface area (Å²) >= 11 is 0. The van der Waals surface area contributed by atoms with Crippen LogP contribution in [0.5, 0.6) is 0 Å². The molecule has 0 saturated heterocycles. The van der Waals surface area contributed by atoms with Crippen LogP contribution in [-0.4, -0.2) is 16.2 Å². The summed E-state index contributed by atoms with van der Waals surface area (Å²) in [5, 5.41) is 10.5. The quantitative estimate of drug-likeness (QED) is 0.782. The molecule has 0 bridgehead atoms. The van der Waals surface area contributed by atoms with Crippen molar-refractivity contribution in [3.63, 3.8) is 0 Å². The summed E-state index contributed by atoms with van der Waals surface area (Å²) in [4.78, 5) is 0. The summed E-state index contributed by atoms with van der Waals surface area (Å²) in [5.74, 6) is 4.40. The summed E-state index contributed by atoms with van der Waals surface area (Å²) < 4.78 is 5.62. The minimum Gasteiger partial charge on any atom is -0.460 e. The molecule has 0 saturated carbocycles. The maximum Gasteiger partial charge on any atom is 0.152 e. The van der Waals surface area contributed by atoms with Crippen LogP contribution in [0, 0.1) is 19.3 Å². The summed E-state index contributed by atoms with van der Waals surface area (Å²) in [7, 11) is 0. The Bertz CT molecular complexity index is 562. The molecule has 0 spiro atoms. The molecule has 0 aliphatic carbocycles. The fourth-order valence-electron chi connectivity index (χ4n) is 1.98. The number of nitrogens with one attached hydrogen (secondary N) is 2. The lowest BCUT2D eigenvalue weighted by Gasteiger charge is -2.13. The second kappa shape index (κ2) is 6.26. The van der Waals surface area contributed by atoms with E-state index in [1.54, 1.807) is 0 Å². The molecule has 0 fully saturated rings. The molecule has 4 nitrogen and oxygen atoms in total. The molecule has 0 aliphatic heterocycles. The van der Waals surface area contributed by atoms with E-state index in [0.717, 1.165) is 42.2 Å². The van der Waals surface area contributed by atoms with Gasteiger partial charge in [-0.1, -0.05) is 6.92 Å². The molecule has 19 heavy (non-hydrogen) atoms. The Balaban J connectivity index is 2.06. The molecule has 100 valence electrons. The van der Waals surface area contributed by atoms with Gasteiger partial charge in [-0.2, -0.15) is 5.10 Å². The fraction of sp³-hybridized carbons (Fsp3) is 0.400. The molecule has 0 radical (unpaired) electrons. The van der Waals surface area contributed by atoms with Crippen molar-refractivity contribution < 1.29 is 4.42 Å². The zero-order valence-electron chi connectivity index (χ0n) is 11.4. The highest BCUT2D eigenvalue weighted by atomic mass is 16.3. The van der Waals surface area contributed by atoms with Crippen LogP contribution in [0.2, 0.25) is 0 Å². The molecule has 0 amide bonds. The SMILES string of the molecule is C#CCC(CC)NCc1cn[nH]c1-c1ccc(C)o1. The standard InChI is InChI=1S/C15H19N3O/c1-4-6-13(5-2)16-9-12-10-17-18-15(12)14-8-7-11(3)19-14/h1,7-8,10,13,16H,5-6,9H2,2-3H3,(H,17,18).